The number of piperidine rings is 1. The third kappa shape index (κ3) is 2.41. The summed E-state index contributed by atoms with van der Waals surface area (Å²) in [6.45, 7) is 2.07. The minimum Gasteiger partial charge on any atom is -0.492 e. The molecular weight excluding hydrogens is 294 g/mol. The van der Waals surface area contributed by atoms with Gasteiger partial charge < -0.3 is 10.0 Å². The Bertz CT molecular complexity index is 757. The summed E-state index contributed by atoms with van der Waals surface area (Å²) < 4.78 is 0. The summed E-state index contributed by atoms with van der Waals surface area (Å²) in [6.07, 6.45) is 7.53. The van der Waals surface area contributed by atoms with Gasteiger partial charge in [-0.15, -0.1) is 0 Å². The van der Waals surface area contributed by atoms with Crippen molar-refractivity contribution < 1.29 is 5.11 Å². The lowest BCUT2D eigenvalue weighted by Crippen LogP contribution is -2.29. The molecule has 1 aromatic heterocycles. The van der Waals surface area contributed by atoms with Crippen molar-refractivity contribution in [3.63, 3.8) is 0 Å². The number of rotatable bonds is 2. The van der Waals surface area contributed by atoms with E-state index in [2.05, 4.69) is 20.9 Å². The molecule has 2 aliphatic rings. The van der Waals surface area contributed by atoms with Crippen LogP contribution in [-0.2, 0) is 0 Å². The predicted molar refractivity (Wildman–Crippen MR) is 92.3 cm³/mol. The van der Waals surface area contributed by atoms with Crippen LogP contribution in [0.25, 0.3) is 11.6 Å². The van der Waals surface area contributed by atoms with E-state index in [0.717, 1.165) is 39.9 Å². The maximum Gasteiger partial charge on any atom is 0.231 e. The molecule has 0 radical (unpaired) electrons. The highest BCUT2D eigenvalue weighted by Gasteiger charge is 2.18. The number of aliphatic imine (C=N–C) groups is 1. The fourth-order valence-corrected chi connectivity index (χ4v) is 3.89. The summed E-state index contributed by atoms with van der Waals surface area (Å²) in [6, 6.07) is 8.04. The van der Waals surface area contributed by atoms with Gasteiger partial charge in [-0.05, 0) is 31.4 Å². The molecule has 3 heterocycles. The Morgan fingerprint density at radius 2 is 1.95 bits per heavy atom. The number of para-hydroxylation sites is 1. The van der Waals surface area contributed by atoms with Gasteiger partial charge in [-0.1, -0.05) is 29.5 Å². The number of nitrogens with zero attached hydrogens (tertiary/aromatic N) is 3. The van der Waals surface area contributed by atoms with Gasteiger partial charge in [0.25, 0.3) is 0 Å². The largest absolute Gasteiger partial charge is 0.492 e. The Morgan fingerprint density at radius 3 is 2.82 bits per heavy atom. The average Bonchev–Trinajstić information content (AvgIpc) is 3.13. The van der Waals surface area contributed by atoms with Crippen molar-refractivity contribution in [2.24, 2.45) is 4.99 Å². The zero-order valence-electron chi connectivity index (χ0n) is 12.2. The second kappa shape index (κ2) is 5.57. The zero-order valence-corrected chi connectivity index (χ0v) is 13.0. The molecule has 0 spiro atoms. The van der Waals surface area contributed by atoms with Crippen LogP contribution in [0.1, 0.15) is 29.7 Å². The number of hydrogen-bond acceptors (Lipinski definition) is 5. The third-order valence-electron chi connectivity index (χ3n) is 4.09. The van der Waals surface area contributed by atoms with Crippen LogP contribution in [0, 0.1) is 0 Å². The highest BCUT2D eigenvalue weighted by Crippen LogP contribution is 2.37. The number of benzene rings is 1. The second-order valence-electron chi connectivity index (χ2n) is 5.61. The predicted octanol–water partition coefficient (Wildman–Crippen LogP) is 4.10. The van der Waals surface area contributed by atoms with Gasteiger partial charge >= 0.3 is 0 Å². The summed E-state index contributed by atoms with van der Waals surface area (Å²) >= 11 is 1.55. The van der Waals surface area contributed by atoms with Crippen molar-refractivity contribution in [2.45, 2.75) is 19.3 Å². The van der Waals surface area contributed by atoms with Crippen LogP contribution in [-0.4, -0.2) is 29.4 Å². The van der Waals surface area contributed by atoms with E-state index < -0.39 is 0 Å². The van der Waals surface area contributed by atoms with E-state index in [9.17, 15) is 5.11 Å². The molecule has 0 atom stereocenters. The maximum atomic E-state index is 10.2. The van der Waals surface area contributed by atoms with Gasteiger partial charge in [0.05, 0.1) is 10.6 Å². The molecule has 0 saturated carbocycles. The number of anilines is 1. The Balaban J connectivity index is 1.65. The number of allylic oxidation sites excluding steroid dienone is 1. The summed E-state index contributed by atoms with van der Waals surface area (Å²) in [7, 11) is 0. The van der Waals surface area contributed by atoms with Crippen LogP contribution in [0.5, 0.6) is 5.88 Å². The molecule has 2 aliphatic heterocycles. The first-order chi connectivity index (χ1) is 10.8. The second-order valence-corrected chi connectivity index (χ2v) is 6.62. The summed E-state index contributed by atoms with van der Waals surface area (Å²) in [5.74, 6) is 0.121. The quantitative estimate of drug-likeness (QED) is 0.908. The van der Waals surface area contributed by atoms with Crippen LogP contribution in [0.3, 0.4) is 0 Å². The van der Waals surface area contributed by atoms with Gasteiger partial charge in [0.2, 0.25) is 5.88 Å². The highest BCUT2D eigenvalue weighted by atomic mass is 32.1. The Labute approximate surface area is 133 Å². The van der Waals surface area contributed by atoms with E-state index in [-0.39, 0.29) is 5.88 Å². The minimum absolute atomic E-state index is 0.121. The molecule has 1 aromatic carbocycles. The van der Waals surface area contributed by atoms with Crippen molar-refractivity contribution in [3.05, 3.63) is 34.7 Å². The van der Waals surface area contributed by atoms with Gasteiger partial charge in [0.15, 0.2) is 5.13 Å². The molecule has 4 nitrogen and oxygen atoms in total. The van der Waals surface area contributed by atoms with Crippen LogP contribution in [0.15, 0.2) is 29.3 Å². The number of fused-ring (bicyclic) bond motifs is 1. The van der Waals surface area contributed by atoms with Crippen LogP contribution in [0.2, 0.25) is 0 Å². The third-order valence-corrected chi connectivity index (χ3v) is 5.15. The first-order valence-corrected chi connectivity index (χ1v) is 8.43. The van der Waals surface area contributed by atoms with Gasteiger partial charge in [-0.25, -0.2) is 0 Å². The van der Waals surface area contributed by atoms with Gasteiger partial charge in [0, 0.05) is 30.4 Å². The first kappa shape index (κ1) is 13.5. The van der Waals surface area contributed by atoms with E-state index in [1.54, 1.807) is 11.3 Å². The van der Waals surface area contributed by atoms with Crippen molar-refractivity contribution in [1.29, 1.82) is 0 Å². The molecule has 0 aliphatic carbocycles. The topological polar surface area (TPSA) is 48.7 Å². The van der Waals surface area contributed by atoms with Gasteiger partial charge in [-0.2, -0.15) is 4.98 Å². The smallest absolute Gasteiger partial charge is 0.231 e. The van der Waals surface area contributed by atoms with Crippen molar-refractivity contribution in [3.8, 4) is 5.88 Å². The lowest BCUT2D eigenvalue weighted by molar-refractivity contribution is 0.455. The van der Waals surface area contributed by atoms with Gasteiger partial charge in [-0.3, -0.25) is 4.99 Å². The molecule has 2 aromatic rings. The molecule has 112 valence electrons. The summed E-state index contributed by atoms with van der Waals surface area (Å²) in [4.78, 5) is 11.8. The standard InChI is InChI=1S/C17H17N3OS/c21-16-15(22-17(19-16)20-8-4-1-5-9-20)10-12-11-18-14-7-3-2-6-13(12)14/h2-3,6-7,10-11,21H,1,4-5,8-9H2/b12-10+. The molecule has 0 amide bonds. The molecule has 0 unspecified atom stereocenters. The van der Waals surface area contributed by atoms with Crippen molar-refractivity contribution in [2.75, 3.05) is 18.0 Å². The Hall–Kier alpha value is -2.14. The van der Waals surface area contributed by atoms with Crippen LogP contribution in [0.4, 0.5) is 10.8 Å². The number of thiazole rings is 1. The molecule has 4 rings (SSSR count). The summed E-state index contributed by atoms with van der Waals surface area (Å²) in [5.41, 5.74) is 3.11. The average molecular weight is 311 g/mol. The number of aromatic hydroxyl groups is 1. The lowest BCUT2D eigenvalue weighted by Gasteiger charge is -2.25. The first-order valence-electron chi connectivity index (χ1n) is 7.61. The molecule has 22 heavy (non-hydrogen) atoms. The van der Waals surface area contributed by atoms with E-state index in [0.29, 0.717) is 0 Å². The Kier molecular flexibility index (Phi) is 3.42. The highest BCUT2D eigenvalue weighted by molar-refractivity contribution is 7.16. The van der Waals surface area contributed by atoms with Gasteiger partial charge in [0.1, 0.15) is 0 Å². The van der Waals surface area contributed by atoms with E-state index in [4.69, 9.17) is 0 Å². The zero-order chi connectivity index (χ0) is 14.9. The number of hydrogen-bond donors (Lipinski definition) is 1. The maximum absolute atomic E-state index is 10.2. The van der Waals surface area contributed by atoms with E-state index in [1.165, 1.54) is 19.3 Å². The van der Waals surface area contributed by atoms with Crippen molar-refractivity contribution in [1.82, 2.24) is 4.98 Å². The lowest BCUT2D eigenvalue weighted by atomic mass is 10.1. The fraction of sp³-hybridized carbons (Fsp3) is 0.294. The fourth-order valence-electron chi connectivity index (χ4n) is 2.92. The summed E-state index contributed by atoms with van der Waals surface area (Å²) in [5, 5.41) is 11.1. The van der Waals surface area contributed by atoms with Crippen LogP contribution >= 0.6 is 11.3 Å². The van der Waals surface area contributed by atoms with E-state index in [1.807, 2.05) is 30.5 Å². The minimum atomic E-state index is 0.121. The Morgan fingerprint density at radius 1 is 1.14 bits per heavy atom. The van der Waals surface area contributed by atoms with Crippen molar-refractivity contribution >= 4 is 40.0 Å². The van der Waals surface area contributed by atoms with E-state index >= 15 is 0 Å². The normalized spacial score (nSPS) is 18.9. The monoisotopic (exact) mass is 311 g/mol. The molecular formula is C17H17N3OS. The molecule has 1 N–H and O–H groups in total. The molecule has 1 saturated heterocycles. The number of aromatic nitrogens is 1. The molecule has 1 fully saturated rings. The SMILES string of the molecule is Oc1nc(N2CCCCC2)sc1/C=C1\C=Nc2ccccc21. The molecule has 0 bridgehead atoms. The van der Waals surface area contributed by atoms with Crippen LogP contribution < -0.4 is 4.90 Å². The molecule has 5 heteroatoms.